The van der Waals surface area contributed by atoms with Crippen molar-refractivity contribution in [2.24, 2.45) is 11.8 Å². The van der Waals surface area contributed by atoms with Crippen molar-refractivity contribution >= 4 is 5.91 Å². The van der Waals surface area contributed by atoms with Crippen LogP contribution in [-0.2, 0) is 4.79 Å². The molecule has 0 bridgehead atoms. The SMILES string of the molecule is CC1CCC(C)C(NC2CCCCNC2=O)C1. The summed E-state index contributed by atoms with van der Waals surface area (Å²) in [6, 6.07) is 0.586. The van der Waals surface area contributed by atoms with Gasteiger partial charge in [0.15, 0.2) is 0 Å². The Kier molecular flexibility index (Phi) is 4.43. The molecule has 0 spiro atoms. The fourth-order valence-corrected chi connectivity index (χ4v) is 3.12. The van der Waals surface area contributed by atoms with E-state index in [4.69, 9.17) is 0 Å². The second kappa shape index (κ2) is 5.85. The summed E-state index contributed by atoms with van der Waals surface area (Å²) in [6.07, 6.45) is 7.16. The Morgan fingerprint density at radius 1 is 1.18 bits per heavy atom. The number of rotatable bonds is 2. The van der Waals surface area contributed by atoms with E-state index in [0.29, 0.717) is 12.0 Å². The number of hydrogen-bond donors (Lipinski definition) is 2. The van der Waals surface area contributed by atoms with E-state index in [9.17, 15) is 4.79 Å². The Morgan fingerprint density at radius 2 is 2.00 bits per heavy atom. The van der Waals surface area contributed by atoms with Crippen molar-refractivity contribution in [1.29, 1.82) is 0 Å². The summed E-state index contributed by atoms with van der Waals surface area (Å²) in [5.74, 6) is 1.73. The quantitative estimate of drug-likeness (QED) is 0.773. The maximum atomic E-state index is 11.9. The van der Waals surface area contributed by atoms with Gasteiger partial charge >= 0.3 is 0 Å². The molecule has 17 heavy (non-hydrogen) atoms. The molecule has 2 N–H and O–H groups in total. The second-order valence-electron chi connectivity index (χ2n) is 6.01. The van der Waals surface area contributed by atoms with Gasteiger partial charge in [-0.2, -0.15) is 0 Å². The normalized spacial score (nSPS) is 39.5. The van der Waals surface area contributed by atoms with Gasteiger partial charge in [0.2, 0.25) is 5.91 Å². The predicted molar refractivity (Wildman–Crippen MR) is 69.8 cm³/mol. The minimum absolute atomic E-state index is 0.0512. The van der Waals surface area contributed by atoms with Crippen LogP contribution in [0.5, 0.6) is 0 Å². The highest BCUT2D eigenvalue weighted by Crippen LogP contribution is 2.29. The van der Waals surface area contributed by atoms with Crippen LogP contribution in [0.1, 0.15) is 52.4 Å². The third kappa shape index (κ3) is 3.44. The van der Waals surface area contributed by atoms with Gasteiger partial charge < -0.3 is 10.6 Å². The predicted octanol–water partition coefficient (Wildman–Crippen LogP) is 2.07. The Balaban J connectivity index is 1.91. The maximum Gasteiger partial charge on any atom is 0.237 e. The zero-order valence-corrected chi connectivity index (χ0v) is 11.2. The van der Waals surface area contributed by atoms with E-state index in [0.717, 1.165) is 31.7 Å². The van der Waals surface area contributed by atoms with Gasteiger partial charge in [-0.25, -0.2) is 0 Å². The Bertz CT molecular complexity index is 267. The summed E-state index contributed by atoms with van der Waals surface area (Å²) < 4.78 is 0. The van der Waals surface area contributed by atoms with E-state index in [1.165, 1.54) is 19.3 Å². The summed E-state index contributed by atoms with van der Waals surface area (Å²) in [5.41, 5.74) is 0. The van der Waals surface area contributed by atoms with Gasteiger partial charge in [0, 0.05) is 12.6 Å². The van der Waals surface area contributed by atoms with Gasteiger partial charge in [0.05, 0.1) is 6.04 Å². The fourth-order valence-electron chi connectivity index (χ4n) is 3.12. The first kappa shape index (κ1) is 12.9. The summed E-state index contributed by atoms with van der Waals surface area (Å²) >= 11 is 0. The number of amides is 1. The Labute approximate surface area is 105 Å². The van der Waals surface area contributed by atoms with Crippen LogP contribution >= 0.6 is 0 Å². The van der Waals surface area contributed by atoms with Crippen molar-refractivity contribution in [2.75, 3.05) is 6.54 Å². The molecule has 0 aromatic rings. The lowest BCUT2D eigenvalue weighted by Gasteiger charge is -2.35. The number of hydrogen-bond acceptors (Lipinski definition) is 2. The standard InChI is InChI=1S/C14H26N2O/c1-10-6-7-11(2)13(9-10)16-12-5-3-4-8-15-14(12)17/h10-13,16H,3-9H2,1-2H3,(H,15,17). The van der Waals surface area contributed by atoms with Crippen LogP contribution in [0.4, 0.5) is 0 Å². The zero-order chi connectivity index (χ0) is 12.3. The smallest absolute Gasteiger partial charge is 0.237 e. The van der Waals surface area contributed by atoms with E-state index < -0.39 is 0 Å². The Hall–Kier alpha value is -0.570. The average molecular weight is 238 g/mol. The maximum absolute atomic E-state index is 11.9. The molecule has 2 aliphatic rings. The molecule has 1 saturated carbocycles. The van der Waals surface area contributed by atoms with Crippen LogP contribution in [0.25, 0.3) is 0 Å². The topological polar surface area (TPSA) is 41.1 Å². The highest BCUT2D eigenvalue weighted by Gasteiger charge is 2.30. The van der Waals surface area contributed by atoms with Gasteiger partial charge in [-0.05, 0) is 43.9 Å². The van der Waals surface area contributed by atoms with Crippen molar-refractivity contribution in [3.63, 3.8) is 0 Å². The highest BCUT2D eigenvalue weighted by molar-refractivity contribution is 5.81. The molecule has 1 aliphatic carbocycles. The van der Waals surface area contributed by atoms with E-state index in [1.54, 1.807) is 0 Å². The van der Waals surface area contributed by atoms with Crippen molar-refractivity contribution in [2.45, 2.75) is 64.5 Å². The largest absolute Gasteiger partial charge is 0.355 e. The number of carbonyl (C=O) groups excluding carboxylic acids is 1. The van der Waals surface area contributed by atoms with Gasteiger partial charge in [0.1, 0.15) is 0 Å². The van der Waals surface area contributed by atoms with Crippen LogP contribution in [0, 0.1) is 11.8 Å². The van der Waals surface area contributed by atoms with Crippen molar-refractivity contribution < 1.29 is 4.79 Å². The van der Waals surface area contributed by atoms with Crippen LogP contribution in [0.2, 0.25) is 0 Å². The van der Waals surface area contributed by atoms with E-state index in [1.807, 2.05) is 0 Å². The monoisotopic (exact) mass is 238 g/mol. The summed E-state index contributed by atoms with van der Waals surface area (Å²) in [7, 11) is 0. The third-order valence-electron chi connectivity index (χ3n) is 4.41. The van der Waals surface area contributed by atoms with E-state index >= 15 is 0 Å². The van der Waals surface area contributed by atoms with Crippen molar-refractivity contribution in [3.8, 4) is 0 Å². The van der Waals surface area contributed by atoms with Crippen LogP contribution in [0.15, 0.2) is 0 Å². The summed E-state index contributed by atoms with van der Waals surface area (Å²) in [4.78, 5) is 11.9. The molecule has 1 heterocycles. The molecule has 0 aromatic heterocycles. The molecule has 2 fully saturated rings. The average Bonchev–Trinajstić information content (AvgIpc) is 2.50. The number of carbonyl (C=O) groups is 1. The van der Waals surface area contributed by atoms with Crippen LogP contribution < -0.4 is 10.6 Å². The minimum Gasteiger partial charge on any atom is -0.355 e. The Morgan fingerprint density at radius 3 is 2.82 bits per heavy atom. The minimum atomic E-state index is 0.0512. The summed E-state index contributed by atoms with van der Waals surface area (Å²) in [6.45, 7) is 5.50. The molecule has 1 saturated heterocycles. The van der Waals surface area contributed by atoms with E-state index in [-0.39, 0.29) is 11.9 Å². The van der Waals surface area contributed by atoms with Crippen LogP contribution in [0.3, 0.4) is 0 Å². The van der Waals surface area contributed by atoms with Gasteiger partial charge in [-0.1, -0.05) is 20.3 Å². The molecule has 98 valence electrons. The highest BCUT2D eigenvalue weighted by atomic mass is 16.2. The molecule has 4 atom stereocenters. The molecule has 3 heteroatoms. The molecule has 0 radical (unpaired) electrons. The van der Waals surface area contributed by atoms with Gasteiger partial charge in [0.25, 0.3) is 0 Å². The lowest BCUT2D eigenvalue weighted by atomic mass is 9.79. The number of nitrogens with one attached hydrogen (secondary N) is 2. The molecular weight excluding hydrogens is 212 g/mol. The zero-order valence-electron chi connectivity index (χ0n) is 11.2. The van der Waals surface area contributed by atoms with Gasteiger partial charge in [-0.3, -0.25) is 4.79 Å². The third-order valence-corrected chi connectivity index (χ3v) is 4.41. The first-order chi connectivity index (χ1) is 8.16. The molecule has 2 rings (SSSR count). The van der Waals surface area contributed by atoms with Gasteiger partial charge in [-0.15, -0.1) is 0 Å². The van der Waals surface area contributed by atoms with Crippen molar-refractivity contribution in [1.82, 2.24) is 10.6 Å². The first-order valence-electron chi connectivity index (χ1n) is 7.20. The lowest BCUT2D eigenvalue weighted by Crippen LogP contribution is -2.50. The lowest BCUT2D eigenvalue weighted by molar-refractivity contribution is -0.123. The molecule has 1 aliphatic heterocycles. The molecule has 4 unspecified atom stereocenters. The molecule has 0 aromatic carbocycles. The molecule has 1 amide bonds. The first-order valence-corrected chi connectivity index (χ1v) is 7.20. The fraction of sp³-hybridized carbons (Fsp3) is 0.929. The van der Waals surface area contributed by atoms with E-state index in [2.05, 4.69) is 24.5 Å². The molecule has 3 nitrogen and oxygen atoms in total. The molecular formula is C14H26N2O. The second-order valence-corrected chi connectivity index (χ2v) is 6.01. The van der Waals surface area contributed by atoms with Crippen molar-refractivity contribution in [3.05, 3.63) is 0 Å². The van der Waals surface area contributed by atoms with Crippen LogP contribution in [-0.4, -0.2) is 24.5 Å². The summed E-state index contributed by atoms with van der Waals surface area (Å²) in [5, 5.41) is 6.62.